The van der Waals surface area contributed by atoms with Gasteiger partial charge in [-0.05, 0) is 0 Å². The molecule has 0 saturated heterocycles. The van der Waals surface area contributed by atoms with E-state index in [4.69, 9.17) is 0 Å². The minimum absolute atomic E-state index is 0.0769. The van der Waals surface area contributed by atoms with E-state index in [2.05, 4.69) is 9.97 Å². The summed E-state index contributed by atoms with van der Waals surface area (Å²) in [5.74, 6) is 1.20. The molecule has 0 unspecified atom stereocenters. The van der Waals surface area contributed by atoms with E-state index >= 15 is 0 Å². The third kappa shape index (κ3) is 1.06. The van der Waals surface area contributed by atoms with Crippen LogP contribution in [0.3, 0.4) is 0 Å². The predicted molar refractivity (Wildman–Crippen MR) is 46.2 cm³/mol. The molecule has 0 atom stereocenters. The molecule has 12 heavy (non-hydrogen) atoms. The lowest BCUT2D eigenvalue weighted by Gasteiger charge is -2.22. The number of hydrogen-bond acceptors (Lipinski definition) is 4. The summed E-state index contributed by atoms with van der Waals surface area (Å²) in [5.41, 5.74) is 0. The molecular weight excluding hydrogens is 174 g/mol. The zero-order chi connectivity index (χ0) is 8.55. The maximum atomic E-state index is 11.2. The van der Waals surface area contributed by atoms with Gasteiger partial charge in [-0.15, -0.1) is 0 Å². The Bertz CT molecular complexity index is 328. The normalized spacial score (nSPS) is 16.1. The van der Waals surface area contributed by atoms with E-state index in [1.165, 1.54) is 11.8 Å². The van der Waals surface area contributed by atoms with Crippen molar-refractivity contribution in [2.45, 2.75) is 5.03 Å². The Labute approximate surface area is 74.0 Å². The van der Waals surface area contributed by atoms with Gasteiger partial charge in [0.25, 0.3) is 0 Å². The number of aromatic nitrogens is 2. The molecule has 0 aromatic carbocycles. The van der Waals surface area contributed by atoms with E-state index in [0.717, 1.165) is 5.03 Å². The molecule has 0 aliphatic carbocycles. The summed E-state index contributed by atoms with van der Waals surface area (Å²) < 4.78 is 0. The molecule has 1 aliphatic rings. The third-order valence-corrected chi connectivity index (χ3v) is 2.62. The fourth-order valence-corrected chi connectivity index (χ4v) is 1.90. The summed E-state index contributed by atoms with van der Waals surface area (Å²) in [6, 6.07) is 0. The van der Waals surface area contributed by atoms with E-state index in [1.807, 2.05) is 0 Å². The molecule has 4 nitrogen and oxygen atoms in total. The zero-order valence-electron chi connectivity index (χ0n) is 6.52. The highest BCUT2D eigenvalue weighted by Crippen LogP contribution is 2.29. The molecule has 1 aromatic heterocycles. The van der Waals surface area contributed by atoms with Crippen molar-refractivity contribution in [3.8, 4) is 0 Å². The summed E-state index contributed by atoms with van der Waals surface area (Å²) in [7, 11) is 1.72. The van der Waals surface area contributed by atoms with Crippen LogP contribution in [0.1, 0.15) is 0 Å². The van der Waals surface area contributed by atoms with E-state index in [-0.39, 0.29) is 5.91 Å². The monoisotopic (exact) mass is 181 g/mol. The van der Waals surface area contributed by atoms with Crippen molar-refractivity contribution in [3.05, 3.63) is 12.4 Å². The number of nitrogens with zero attached hydrogens (tertiary/aromatic N) is 3. The zero-order valence-corrected chi connectivity index (χ0v) is 7.34. The average molecular weight is 181 g/mol. The van der Waals surface area contributed by atoms with Gasteiger partial charge in [-0.25, -0.2) is 9.97 Å². The maximum absolute atomic E-state index is 11.2. The molecule has 0 bridgehead atoms. The lowest BCUT2D eigenvalue weighted by atomic mass is 10.5. The summed E-state index contributed by atoms with van der Waals surface area (Å²) in [6.45, 7) is 0. The van der Waals surface area contributed by atoms with Gasteiger partial charge in [0.2, 0.25) is 5.91 Å². The van der Waals surface area contributed by atoms with Crippen molar-refractivity contribution < 1.29 is 4.79 Å². The van der Waals surface area contributed by atoms with Gasteiger partial charge in [-0.2, -0.15) is 0 Å². The Morgan fingerprint density at radius 2 is 2.25 bits per heavy atom. The molecule has 2 rings (SSSR count). The minimum Gasteiger partial charge on any atom is -0.297 e. The van der Waals surface area contributed by atoms with Gasteiger partial charge in [-0.1, -0.05) is 11.8 Å². The second-order valence-corrected chi connectivity index (χ2v) is 3.39. The van der Waals surface area contributed by atoms with Gasteiger partial charge in [0, 0.05) is 19.4 Å². The summed E-state index contributed by atoms with van der Waals surface area (Å²) in [6.07, 6.45) is 3.23. The Hall–Kier alpha value is -1.10. The van der Waals surface area contributed by atoms with Crippen molar-refractivity contribution in [2.24, 2.45) is 0 Å². The fraction of sp³-hybridized carbons (Fsp3) is 0.286. The predicted octanol–water partition coefficient (Wildman–Crippen LogP) is 0.545. The first-order chi connectivity index (χ1) is 5.79. The maximum Gasteiger partial charge on any atom is 0.238 e. The van der Waals surface area contributed by atoms with Crippen LogP contribution in [0.5, 0.6) is 0 Å². The average Bonchev–Trinajstić information content (AvgIpc) is 2.12. The highest BCUT2D eigenvalue weighted by molar-refractivity contribution is 8.00. The summed E-state index contributed by atoms with van der Waals surface area (Å²) >= 11 is 1.44. The number of thioether (sulfide) groups is 1. The number of hydrogen-bond donors (Lipinski definition) is 0. The highest BCUT2D eigenvalue weighted by Gasteiger charge is 2.22. The molecule has 0 radical (unpaired) electrons. The van der Waals surface area contributed by atoms with Gasteiger partial charge >= 0.3 is 0 Å². The molecule has 2 heterocycles. The van der Waals surface area contributed by atoms with Crippen molar-refractivity contribution >= 4 is 23.5 Å². The van der Waals surface area contributed by atoms with Crippen molar-refractivity contribution in [1.29, 1.82) is 0 Å². The fourth-order valence-electron chi connectivity index (χ4n) is 0.995. The Kier molecular flexibility index (Phi) is 1.73. The number of rotatable bonds is 0. The first-order valence-electron chi connectivity index (χ1n) is 3.49. The van der Waals surface area contributed by atoms with Crippen LogP contribution < -0.4 is 4.90 Å². The quantitative estimate of drug-likeness (QED) is 0.586. The van der Waals surface area contributed by atoms with Crippen LogP contribution in [-0.2, 0) is 4.79 Å². The van der Waals surface area contributed by atoms with Crippen LogP contribution in [0, 0.1) is 0 Å². The lowest BCUT2D eigenvalue weighted by Crippen LogP contribution is -2.32. The SMILES string of the molecule is CN1C(=O)CSc2nccnc21. The smallest absolute Gasteiger partial charge is 0.238 e. The molecule has 1 amide bonds. The largest absolute Gasteiger partial charge is 0.297 e. The second kappa shape index (κ2) is 2.75. The van der Waals surface area contributed by atoms with Crippen molar-refractivity contribution in [3.63, 3.8) is 0 Å². The first kappa shape index (κ1) is 7.54. The standard InChI is InChI=1S/C7H7N3OS/c1-10-5(11)4-12-7-6(10)8-2-3-9-7/h2-3H,4H2,1H3. The van der Waals surface area contributed by atoms with Gasteiger partial charge in [0.1, 0.15) is 5.03 Å². The number of carbonyl (C=O) groups excluding carboxylic acids is 1. The first-order valence-corrected chi connectivity index (χ1v) is 4.48. The Morgan fingerprint density at radius 3 is 3.08 bits per heavy atom. The minimum atomic E-state index is 0.0769. The van der Waals surface area contributed by atoms with Crippen LogP contribution in [0.25, 0.3) is 0 Å². The van der Waals surface area contributed by atoms with E-state index in [0.29, 0.717) is 11.6 Å². The highest BCUT2D eigenvalue weighted by atomic mass is 32.2. The molecular formula is C7H7N3OS. The number of carbonyl (C=O) groups is 1. The van der Waals surface area contributed by atoms with Crippen LogP contribution in [0.15, 0.2) is 17.4 Å². The number of fused-ring (bicyclic) bond motifs is 1. The van der Waals surface area contributed by atoms with Crippen molar-refractivity contribution in [2.75, 3.05) is 17.7 Å². The Morgan fingerprint density at radius 1 is 1.50 bits per heavy atom. The number of amides is 1. The van der Waals surface area contributed by atoms with Crippen LogP contribution in [0.2, 0.25) is 0 Å². The molecule has 1 aromatic rings. The molecule has 0 fully saturated rings. The lowest BCUT2D eigenvalue weighted by molar-refractivity contribution is -0.116. The number of anilines is 1. The molecule has 5 heteroatoms. The second-order valence-electron chi connectivity index (χ2n) is 2.43. The van der Waals surface area contributed by atoms with Crippen LogP contribution >= 0.6 is 11.8 Å². The van der Waals surface area contributed by atoms with Crippen LogP contribution in [-0.4, -0.2) is 28.7 Å². The van der Waals surface area contributed by atoms with E-state index < -0.39 is 0 Å². The third-order valence-electron chi connectivity index (χ3n) is 1.67. The summed E-state index contributed by atoms with van der Waals surface area (Å²) in [4.78, 5) is 20.9. The molecule has 0 saturated carbocycles. The summed E-state index contributed by atoms with van der Waals surface area (Å²) in [5, 5.41) is 0.833. The topological polar surface area (TPSA) is 46.1 Å². The van der Waals surface area contributed by atoms with E-state index in [1.54, 1.807) is 24.3 Å². The van der Waals surface area contributed by atoms with Gasteiger partial charge in [0.05, 0.1) is 5.75 Å². The molecule has 0 spiro atoms. The Balaban J connectivity index is 2.48. The molecule has 1 aliphatic heterocycles. The van der Waals surface area contributed by atoms with Crippen LogP contribution in [0.4, 0.5) is 5.82 Å². The van der Waals surface area contributed by atoms with Crippen molar-refractivity contribution in [1.82, 2.24) is 9.97 Å². The van der Waals surface area contributed by atoms with Gasteiger partial charge < -0.3 is 0 Å². The van der Waals surface area contributed by atoms with Gasteiger partial charge in [0.15, 0.2) is 5.82 Å². The van der Waals surface area contributed by atoms with Gasteiger partial charge in [-0.3, -0.25) is 9.69 Å². The van der Waals surface area contributed by atoms with E-state index in [9.17, 15) is 4.79 Å². The molecule has 0 N–H and O–H groups in total. The molecule has 62 valence electrons.